The normalized spacial score (nSPS) is 21.4. The molecule has 1 aliphatic carbocycles. The van der Waals surface area contributed by atoms with E-state index >= 15 is 0 Å². The molecule has 1 aliphatic heterocycles. The summed E-state index contributed by atoms with van der Waals surface area (Å²) < 4.78 is 1.95. The van der Waals surface area contributed by atoms with Gasteiger partial charge in [0.15, 0.2) is 0 Å². The molecule has 0 amide bonds. The Hall–Kier alpha value is -1.97. The van der Waals surface area contributed by atoms with Gasteiger partial charge in [-0.15, -0.1) is 5.10 Å². The summed E-state index contributed by atoms with van der Waals surface area (Å²) in [5.74, 6) is 1.71. The van der Waals surface area contributed by atoms with Crippen LogP contribution in [0.5, 0.6) is 0 Å². The van der Waals surface area contributed by atoms with Crippen molar-refractivity contribution in [1.29, 1.82) is 0 Å². The van der Waals surface area contributed by atoms with E-state index in [1.54, 1.807) is 0 Å². The zero-order valence-corrected chi connectivity index (χ0v) is 10.6. The fraction of sp³-hybridized carbons (Fsp3) is 0.400. The third-order valence-electron chi connectivity index (χ3n) is 3.99. The van der Waals surface area contributed by atoms with Crippen LogP contribution in [0.3, 0.4) is 0 Å². The lowest BCUT2D eigenvalue weighted by molar-refractivity contribution is 0.0957. The van der Waals surface area contributed by atoms with Crippen molar-refractivity contribution >= 4 is 5.78 Å². The highest BCUT2D eigenvalue weighted by Gasteiger charge is 2.35. The number of carbonyl (C=O) groups is 1. The van der Waals surface area contributed by atoms with Crippen molar-refractivity contribution in [3.63, 3.8) is 0 Å². The topological polar surface area (TPSA) is 47.8 Å². The molecule has 4 nitrogen and oxygen atoms in total. The Bertz CT molecular complexity index is 628. The molecule has 4 rings (SSSR count). The maximum Gasteiger partial charge on any atom is 0.217 e. The van der Waals surface area contributed by atoms with Gasteiger partial charge in [-0.2, -0.15) is 0 Å². The monoisotopic (exact) mass is 253 g/mol. The zero-order chi connectivity index (χ0) is 12.8. The second-order valence-corrected chi connectivity index (χ2v) is 5.40. The quantitative estimate of drug-likeness (QED) is 0.789. The van der Waals surface area contributed by atoms with Gasteiger partial charge in [-0.25, -0.2) is 9.67 Å². The van der Waals surface area contributed by atoms with E-state index < -0.39 is 0 Å². The third-order valence-corrected chi connectivity index (χ3v) is 3.99. The van der Waals surface area contributed by atoms with Crippen molar-refractivity contribution in [3.8, 4) is 0 Å². The number of rotatable bonds is 3. The average Bonchev–Trinajstić information content (AvgIpc) is 3.09. The van der Waals surface area contributed by atoms with Crippen LogP contribution in [0.25, 0.3) is 0 Å². The summed E-state index contributed by atoms with van der Waals surface area (Å²) in [6, 6.07) is 10.6. The smallest absolute Gasteiger partial charge is 0.217 e. The van der Waals surface area contributed by atoms with Crippen molar-refractivity contribution in [1.82, 2.24) is 14.8 Å². The Morgan fingerprint density at radius 3 is 2.68 bits per heavy atom. The van der Waals surface area contributed by atoms with Crippen LogP contribution < -0.4 is 0 Å². The predicted molar refractivity (Wildman–Crippen MR) is 70.0 cm³/mol. The lowest BCUT2D eigenvalue weighted by atomic mass is 10.1. The van der Waals surface area contributed by atoms with E-state index in [4.69, 9.17) is 0 Å². The first-order valence-corrected chi connectivity index (χ1v) is 6.87. The number of Topliss-reactive ketones (excluding diaryl/α,β-unsaturated/α-hetero) is 1. The highest BCUT2D eigenvalue weighted by atomic mass is 16.1. The number of benzene rings is 1. The molecule has 19 heavy (non-hydrogen) atoms. The van der Waals surface area contributed by atoms with Crippen LogP contribution in [0.15, 0.2) is 30.3 Å². The van der Waals surface area contributed by atoms with E-state index in [1.807, 2.05) is 22.9 Å². The largest absolute Gasteiger partial charge is 0.290 e. The van der Waals surface area contributed by atoms with Gasteiger partial charge in [0.1, 0.15) is 5.82 Å². The molecule has 1 fully saturated rings. The fourth-order valence-electron chi connectivity index (χ4n) is 2.78. The SMILES string of the molecule is O=C(c1nc2n(n1)C(c1ccccc1)CC2)C1CC1. The Morgan fingerprint density at radius 2 is 1.95 bits per heavy atom. The number of aromatic nitrogens is 3. The molecule has 0 bridgehead atoms. The van der Waals surface area contributed by atoms with Gasteiger partial charge in [-0.1, -0.05) is 30.3 Å². The highest BCUT2D eigenvalue weighted by molar-refractivity contribution is 5.95. The van der Waals surface area contributed by atoms with Gasteiger partial charge in [-0.3, -0.25) is 4.79 Å². The molecule has 1 unspecified atom stereocenters. The molecule has 1 saturated carbocycles. The predicted octanol–water partition coefficient (Wildman–Crippen LogP) is 2.41. The van der Waals surface area contributed by atoms with Crippen LogP contribution in [-0.2, 0) is 6.42 Å². The van der Waals surface area contributed by atoms with E-state index in [1.165, 1.54) is 5.56 Å². The minimum Gasteiger partial charge on any atom is -0.290 e. The molecular formula is C15H15N3O. The van der Waals surface area contributed by atoms with Gasteiger partial charge in [0, 0.05) is 12.3 Å². The Balaban J connectivity index is 1.68. The lowest BCUT2D eigenvalue weighted by Crippen LogP contribution is -2.10. The summed E-state index contributed by atoms with van der Waals surface area (Å²) in [5.41, 5.74) is 1.25. The van der Waals surface area contributed by atoms with E-state index in [0.29, 0.717) is 5.82 Å². The molecule has 0 spiro atoms. The molecule has 1 aromatic heterocycles. The first kappa shape index (κ1) is 10.9. The van der Waals surface area contributed by atoms with Gasteiger partial charge < -0.3 is 0 Å². The van der Waals surface area contributed by atoms with Gasteiger partial charge in [0.2, 0.25) is 11.6 Å². The lowest BCUT2D eigenvalue weighted by Gasteiger charge is -2.11. The Morgan fingerprint density at radius 1 is 1.16 bits per heavy atom. The Labute approximate surface area is 111 Å². The maximum atomic E-state index is 12.0. The second kappa shape index (κ2) is 4.02. The molecular weight excluding hydrogens is 238 g/mol. The second-order valence-electron chi connectivity index (χ2n) is 5.40. The fourth-order valence-corrected chi connectivity index (χ4v) is 2.78. The number of nitrogens with zero attached hydrogens (tertiary/aromatic N) is 3. The summed E-state index contributed by atoms with van der Waals surface area (Å²) in [5, 5.41) is 4.47. The minimum atomic E-state index is 0.133. The molecule has 1 aromatic carbocycles. The van der Waals surface area contributed by atoms with E-state index in [0.717, 1.165) is 31.5 Å². The molecule has 0 N–H and O–H groups in total. The summed E-state index contributed by atoms with van der Waals surface area (Å²) in [7, 11) is 0. The molecule has 2 heterocycles. The van der Waals surface area contributed by atoms with Crippen LogP contribution in [-0.4, -0.2) is 20.5 Å². The first-order chi connectivity index (χ1) is 9.33. The van der Waals surface area contributed by atoms with Crippen LogP contribution >= 0.6 is 0 Å². The number of carbonyl (C=O) groups excluding carboxylic acids is 1. The molecule has 0 saturated heterocycles. The van der Waals surface area contributed by atoms with Crippen molar-refractivity contribution in [2.45, 2.75) is 31.7 Å². The van der Waals surface area contributed by atoms with Crippen molar-refractivity contribution < 1.29 is 4.79 Å². The van der Waals surface area contributed by atoms with Gasteiger partial charge >= 0.3 is 0 Å². The van der Waals surface area contributed by atoms with Crippen molar-refractivity contribution in [2.24, 2.45) is 5.92 Å². The zero-order valence-electron chi connectivity index (χ0n) is 10.6. The third kappa shape index (κ3) is 1.79. The number of ketones is 1. The number of hydrogen-bond donors (Lipinski definition) is 0. The van der Waals surface area contributed by atoms with E-state index in [9.17, 15) is 4.79 Å². The van der Waals surface area contributed by atoms with Crippen LogP contribution in [0.2, 0.25) is 0 Å². The summed E-state index contributed by atoms with van der Waals surface area (Å²) in [4.78, 5) is 16.4. The van der Waals surface area contributed by atoms with Gasteiger partial charge in [0.25, 0.3) is 0 Å². The first-order valence-electron chi connectivity index (χ1n) is 6.87. The summed E-state index contributed by atoms with van der Waals surface area (Å²) >= 11 is 0. The van der Waals surface area contributed by atoms with Gasteiger partial charge in [0.05, 0.1) is 6.04 Å². The van der Waals surface area contributed by atoms with E-state index in [-0.39, 0.29) is 17.7 Å². The van der Waals surface area contributed by atoms with Crippen molar-refractivity contribution in [2.75, 3.05) is 0 Å². The van der Waals surface area contributed by atoms with Gasteiger partial charge in [-0.05, 0) is 24.8 Å². The average molecular weight is 253 g/mol. The molecule has 96 valence electrons. The van der Waals surface area contributed by atoms with E-state index in [2.05, 4.69) is 22.2 Å². The molecule has 1 atom stereocenters. The number of fused-ring (bicyclic) bond motifs is 1. The standard InChI is InChI=1S/C15H15N3O/c19-14(11-6-7-11)15-16-13-9-8-12(18(13)17-15)10-4-2-1-3-5-10/h1-5,11-12H,6-9H2. The number of hydrogen-bond acceptors (Lipinski definition) is 3. The molecule has 0 radical (unpaired) electrons. The summed E-state index contributed by atoms with van der Waals surface area (Å²) in [6.45, 7) is 0. The molecule has 2 aliphatic rings. The summed E-state index contributed by atoms with van der Waals surface area (Å²) in [6.07, 6.45) is 3.94. The van der Waals surface area contributed by atoms with Crippen LogP contribution in [0.4, 0.5) is 0 Å². The van der Waals surface area contributed by atoms with Crippen LogP contribution in [0.1, 0.15) is 47.3 Å². The Kier molecular flexibility index (Phi) is 2.31. The number of aryl methyl sites for hydroxylation is 1. The van der Waals surface area contributed by atoms with Crippen LogP contribution in [0, 0.1) is 5.92 Å². The minimum absolute atomic E-state index is 0.133. The molecule has 4 heteroatoms. The highest BCUT2D eigenvalue weighted by Crippen LogP contribution is 2.34. The van der Waals surface area contributed by atoms with Crippen molar-refractivity contribution in [3.05, 3.63) is 47.5 Å². The maximum absolute atomic E-state index is 12.0. The molecule has 2 aromatic rings.